The van der Waals surface area contributed by atoms with Crippen LogP contribution in [0.5, 0.6) is 11.6 Å². The lowest BCUT2D eigenvalue weighted by atomic mass is 10.1. The molecule has 0 aliphatic carbocycles. The highest BCUT2D eigenvalue weighted by Gasteiger charge is 2.10. The zero-order chi connectivity index (χ0) is 14.8. The maximum absolute atomic E-state index is 10.8. The second-order valence-electron chi connectivity index (χ2n) is 4.43. The number of aromatic carboxylic acids is 1. The highest BCUT2D eigenvalue weighted by molar-refractivity contribution is 6.32. The number of aromatic nitrogens is 1. The van der Waals surface area contributed by atoms with Crippen LogP contribution in [0.3, 0.4) is 0 Å². The Labute approximate surface area is 125 Å². The van der Waals surface area contributed by atoms with Crippen molar-refractivity contribution in [2.75, 3.05) is 0 Å². The van der Waals surface area contributed by atoms with Crippen LogP contribution in [0.4, 0.5) is 0 Å². The molecular formula is C16H10ClNO3. The van der Waals surface area contributed by atoms with Crippen LogP contribution in [0.1, 0.15) is 10.4 Å². The number of pyridine rings is 1. The topological polar surface area (TPSA) is 59.4 Å². The van der Waals surface area contributed by atoms with E-state index in [1.54, 1.807) is 0 Å². The average Bonchev–Trinajstić information content (AvgIpc) is 2.49. The summed E-state index contributed by atoms with van der Waals surface area (Å²) in [6.07, 6.45) is 1.21. The van der Waals surface area contributed by atoms with Gasteiger partial charge in [0.2, 0.25) is 5.88 Å². The van der Waals surface area contributed by atoms with Gasteiger partial charge >= 0.3 is 5.97 Å². The molecule has 0 bridgehead atoms. The Bertz CT molecular complexity index is 833. The van der Waals surface area contributed by atoms with E-state index in [1.165, 1.54) is 12.3 Å². The van der Waals surface area contributed by atoms with Gasteiger partial charge in [-0.05, 0) is 29.0 Å². The van der Waals surface area contributed by atoms with Gasteiger partial charge in [0.05, 0.1) is 5.56 Å². The summed E-state index contributed by atoms with van der Waals surface area (Å²) < 4.78 is 5.62. The van der Waals surface area contributed by atoms with Gasteiger partial charge in [0, 0.05) is 6.20 Å². The number of nitrogens with zero attached hydrogens (tertiary/aromatic N) is 1. The van der Waals surface area contributed by atoms with Crippen molar-refractivity contribution in [2.45, 2.75) is 0 Å². The number of carboxylic acid groups (broad SMARTS) is 1. The second-order valence-corrected chi connectivity index (χ2v) is 4.83. The van der Waals surface area contributed by atoms with Crippen LogP contribution < -0.4 is 4.74 Å². The van der Waals surface area contributed by atoms with Crippen LogP contribution in [-0.4, -0.2) is 16.1 Å². The lowest BCUT2D eigenvalue weighted by Crippen LogP contribution is -1.98. The van der Waals surface area contributed by atoms with Crippen molar-refractivity contribution < 1.29 is 14.6 Å². The predicted octanol–water partition coefficient (Wildman–Crippen LogP) is 4.38. The molecule has 0 aliphatic rings. The molecule has 0 amide bonds. The number of carboxylic acids is 1. The first-order valence-electron chi connectivity index (χ1n) is 6.19. The zero-order valence-electron chi connectivity index (χ0n) is 10.8. The number of hydrogen-bond acceptors (Lipinski definition) is 3. The van der Waals surface area contributed by atoms with Crippen molar-refractivity contribution in [3.63, 3.8) is 0 Å². The highest BCUT2D eigenvalue weighted by atomic mass is 35.5. The number of rotatable bonds is 3. The van der Waals surface area contributed by atoms with E-state index >= 15 is 0 Å². The maximum atomic E-state index is 10.8. The Balaban J connectivity index is 1.93. The van der Waals surface area contributed by atoms with E-state index in [-0.39, 0.29) is 16.5 Å². The van der Waals surface area contributed by atoms with Crippen LogP contribution in [-0.2, 0) is 0 Å². The summed E-state index contributed by atoms with van der Waals surface area (Å²) >= 11 is 5.99. The summed E-state index contributed by atoms with van der Waals surface area (Å²) in [5.74, 6) is -0.315. The Kier molecular flexibility index (Phi) is 3.46. The van der Waals surface area contributed by atoms with E-state index in [0.29, 0.717) is 5.75 Å². The fourth-order valence-electron chi connectivity index (χ4n) is 1.96. The Morgan fingerprint density at radius 2 is 1.86 bits per heavy atom. The van der Waals surface area contributed by atoms with Gasteiger partial charge in [0.1, 0.15) is 10.8 Å². The van der Waals surface area contributed by atoms with Gasteiger partial charge < -0.3 is 9.84 Å². The molecule has 0 atom stereocenters. The molecule has 2 aromatic carbocycles. The number of ether oxygens (including phenoxy) is 1. The van der Waals surface area contributed by atoms with Gasteiger partial charge in [-0.3, -0.25) is 0 Å². The molecule has 104 valence electrons. The minimum Gasteiger partial charge on any atom is -0.478 e. The molecule has 3 rings (SSSR count). The van der Waals surface area contributed by atoms with Crippen LogP contribution in [0.15, 0.2) is 54.7 Å². The largest absolute Gasteiger partial charge is 0.478 e. The quantitative estimate of drug-likeness (QED) is 0.779. The van der Waals surface area contributed by atoms with E-state index in [1.807, 2.05) is 42.5 Å². The number of halogens is 1. The van der Waals surface area contributed by atoms with Crippen molar-refractivity contribution >= 4 is 28.3 Å². The number of carbonyl (C=O) groups is 1. The van der Waals surface area contributed by atoms with Gasteiger partial charge in [0.25, 0.3) is 0 Å². The first kappa shape index (κ1) is 13.4. The minimum absolute atomic E-state index is 0.0193. The average molecular weight is 300 g/mol. The molecule has 0 spiro atoms. The van der Waals surface area contributed by atoms with Crippen LogP contribution >= 0.6 is 11.6 Å². The number of hydrogen-bond donors (Lipinski definition) is 1. The molecule has 21 heavy (non-hydrogen) atoms. The first-order chi connectivity index (χ1) is 10.1. The Hall–Kier alpha value is -2.59. The molecule has 0 saturated carbocycles. The summed E-state index contributed by atoms with van der Waals surface area (Å²) in [4.78, 5) is 14.8. The first-order valence-corrected chi connectivity index (χ1v) is 6.57. The second kappa shape index (κ2) is 5.42. The van der Waals surface area contributed by atoms with E-state index in [9.17, 15) is 4.79 Å². The lowest BCUT2D eigenvalue weighted by molar-refractivity contribution is 0.0696. The number of fused-ring (bicyclic) bond motifs is 1. The molecule has 0 unspecified atom stereocenters. The van der Waals surface area contributed by atoms with Crippen molar-refractivity contribution in [3.8, 4) is 11.6 Å². The summed E-state index contributed by atoms with van der Waals surface area (Å²) in [7, 11) is 0. The molecule has 0 aliphatic heterocycles. The molecule has 1 heterocycles. The number of benzene rings is 2. The normalized spacial score (nSPS) is 10.5. The van der Waals surface area contributed by atoms with E-state index in [0.717, 1.165) is 10.8 Å². The third kappa shape index (κ3) is 2.80. The molecule has 5 heteroatoms. The van der Waals surface area contributed by atoms with Crippen molar-refractivity contribution in [3.05, 3.63) is 65.3 Å². The van der Waals surface area contributed by atoms with E-state index in [2.05, 4.69) is 4.98 Å². The van der Waals surface area contributed by atoms with Gasteiger partial charge in [-0.15, -0.1) is 0 Å². The molecular weight excluding hydrogens is 290 g/mol. The monoisotopic (exact) mass is 299 g/mol. The van der Waals surface area contributed by atoms with Crippen LogP contribution in [0.2, 0.25) is 5.02 Å². The molecule has 4 nitrogen and oxygen atoms in total. The Morgan fingerprint density at radius 1 is 1.10 bits per heavy atom. The van der Waals surface area contributed by atoms with Gasteiger partial charge in [0.15, 0.2) is 0 Å². The fourth-order valence-corrected chi connectivity index (χ4v) is 2.16. The fraction of sp³-hybridized carbons (Fsp3) is 0. The van der Waals surface area contributed by atoms with E-state index < -0.39 is 5.97 Å². The maximum Gasteiger partial charge on any atom is 0.337 e. The van der Waals surface area contributed by atoms with Crippen molar-refractivity contribution in [2.24, 2.45) is 0 Å². The van der Waals surface area contributed by atoms with Crippen LogP contribution in [0, 0.1) is 0 Å². The van der Waals surface area contributed by atoms with Gasteiger partial charge in [-0.1, -0.05) is 41.9 Å². The predicted molar refractivity (Wildman–Crippen MR) is 80.2 cm³/mol. The van der Waals surface area contributed by atoms with Crippen LogP contribution in [0.25, 0.3) is 10.8 Å². The zero-order valence-corrected chi connectivity index (χ0v) is 11.5. The summed E-state index contributed by atoms with van der Waals surface area (Å²) in [5, 5.41) is 11.2. The summed E-state index contributed by atoms with van der Waals surface area (Å²) in [6.45, 7) is 0. The molecule has 1 aromatic heterocycles. The molecule has 1 N–H and O–H groups in total. The molecule has 0 saturated heterocycles. The lowest BCUT2D eigenvalue weighted by Gasteiger charge is -2.08. The SMILES string of the molecule is O=C(O)c1cnc(Oc2ccc3ccccc3c2)c(Cl)c1. The van der Waals surface area contributed by atoms with Gasteiger partial charge in [-0.25, -0.2) is 9.78 Å². The summed E-state index contributed by atoms with van der Waals surface area (Å²) in [6, 6.07) is 14.8. The minimum atomic E-state index is -1.08. The summed E-state index contributed by atoms with van der Waals surface area (Å²) in [5.41, 5.74) is 0.0193. The third-order valence-corrected chi connectivity index (χ3v) is 3.26. The standard InChI is InChI=1S/C16H10ClNO3/c17-14-8-12(16(19)20)9-18-15(14)21-13-6-5-10-3-1-2-4-11(10)7-13/h1-9H,(H,19,20). The molecule has 0 fully saturated rings. The van der Waals surface area contributed by atoms with E-state index in [4.69, 9.17) is 21.4 Å². The molecule has 0 radical (unpaired) electrons. The Morgan fingerprint density at radius 3 is 2.57 bits per heavy atom. The van der Waals surface area contributed by atoms with Crippen molar-refractivity contribution in [1.29, 1.82) is 0 Å². The van der Waals surface area contributed by atoms with Crippen molar-refractivity contribution in [1.82, 2.24) is 4.98 Å². The smallest absolute Gasteiger partial charge is 0.337 e. The van der Waals surface area contributed by atoms with Gasteiger partial charge in [-0.2, -0.15) is 0 Å². The highest BCUT2D eigenvalue weighted by Crippen LogP contribution is 2.29. The molecule has 3 aromatic rings. The third-order valence-electron chi connectivity index (χ3n) is 2.99.